The number of aliphatic hydroxyl groups excluding tert-OH is 1. The maximum absolute atomic E-state index is 12.8. The SMILES string of the molecule is C=CCCCCC(=O)OC[C@H](C)NC(=O)[C@H](CC=C)CC(=O)N[C@H](CO)Cc1ccc(OCc2ccccc2)cc1. The minimum Gasteiger partial charge on any atom is -0.489 e. The topological polar surface area (TPSA) is 114 Å². The number of rotatable bonds is 20. The molecule has 8 nitrogen and oxygen atoms in total. The number of unbranched alkanes of at least 4 members (excludes halogenated alkanes) is 2. The summed E-state index contributed by atoms with van der Waals surface area (Å²) < 4.78 is 11.1. The van der Waals surface area contributed by atoms with E-state index in [4.69, 9.17) is 9.47 Å². The summed E-state index contributed by atoms with van der Waals surface area (Å²) in [5.74, 6) is -0.867. The molecule has 0 aliphatic carbocycles. The van der Waals surface area contributed by atoms with Crippen LogP contribution in [0.1, 0.15) is 56.6 Å². The molecule has 0 spiro atoms. The Morgan fingerprint density at radius 3 is 2.34 bits per heavy atom. The van der Waals surface area contributed by atoms with Gasteiger partial charge in [0.25, 0.3) is 0 Å². The van der Waals surface area contributed by atoms with Gasteiger partial charge in [-0.25, -0.2) is 0 Å². The molecule has 222 valence electrons. The molecule has 0 radical (unpaired) electrons. The molecule has 0 fully saturated rings. The van der Waals surface area contributed by atoms with Crippen molar-refractivity contribution in [3.63, 3.8) is 0 Å². The maximum atomic E-state index is 12.8. The maximum Gasteiger partial charge on any atom is 0.305 e. The molecule has 8 heteroatoms. The van der Waals surface area contributed by atoms with Crippen LogP contribution in [-0.2, 0) is 32.1 Å². The van der Waals surface area contributed by atoms with Gasteiger partial charge in [-0.2, -0.15) is 0 Å². The molecule has 3 N–H and O–H groups in total. The van der Waals surface area contributed by atoms with Gasteiger partial charge in [0.15, 0.2) is 0 Å². The van der Waals surface area contributed by atoms with Crippen molar-refractivity contribution in [3.05, 3.63) is 91.0 Å². The quantitative estimate of drug-likeness (QED) is 0.122. The number of aliphatic hydroxyl groups is 1. The summed E-state index contributed by atoms with van der Waals surface area (Å²) in [7, 11) is 0. The molecule has 2 rings (SSSR count). The van der Waals surface area contributed by atoms with Gasteiger partial charge in [0.1, 0.15) is 19.0 Å². The second-order valence-electron chi connectivity index (χ2n) is 10.1. The van der Waals surface area contributed by atoms with E-state index >= 15 is 0 Å². The lowest BCUT2D eigenvalue weighted by molar-refractivity contribution is -0.145. The van der Waals surface area contributed by atoms with Gasteiger partial charge in [-0.3, -0.25) is 14.4 Å². The van der Waals surface area contributed by atoms with Gasteiger partial charge >= 0.3 is 5.97 Å². The van der Waals surface area contributed by atoms with Crippen molar-refractivity contribution >= 4 is 17.8 Å². The first kappa shape index (κ1) is 33.3. The van der Waals surface area contributed by atoms with Gasteiger partial charge in [-0.15, -0.1) is 13.2 Å². The van der Waals surface area contributed by atoms with Crippen molar-refractivity contribution in [1.82, 2.24) is 10.6 Å². The van der Waals surface area contributed by atoms with Crippen LogP contribution in [-0.4, -0.2) is 48.2 Å². The first-order valence-electron chi connectivity index (χ1n) is 14.2. The van der Waals surface area contributed by atoms with Gasteiger partial charge in [0.2, 0.25) is 11.8 Å². The molecule has 0 saturated carbocycles. The van der Waals surface area contributed by atoms with Crippen molar-refractivity contribution in [1.29, 1.82) is 0 Å². The van der Waals surface area contributed by atoms with Crippen LogP contribution in [0.5, 0.6) is 5.75 Å². The fraction of sp³-hybridized carbons (Fsp3) is 0.424. The fourth-order valence-corrected chi connectivity index (χ4v) is 4.15. The third-order valence-electron chi connectivity index (χ3n) is 6.42. The van der Waals surface area contributed by atoms with E-state index in [2.05, 4.69) is 23.8 Å². The molecular weight excluding hydrogens is 520 g/mol. The minimum absolute atomic E-state index is 0.0573. The van der Waals surface area contributed by atoms with Crippen LogP contribution in [0.2, 0.25) is 0 Å². The predicted molar refractivity (Wildman–Crippen MR) is 160 cm³/mol. The first-order valence-corrected chi connectivity index (χ1v) is 14.2. The summed E-state index contributed by atoms with van der Waals surface area (Å²) in [5.41, 5.74) is 2.01. The van der Waals surface area contributed by atoms with Crippen molar-refractivity contribution in [2.75, 3.05) is 13.2 Å². The van der Waals surface area contributed by atoms with Crippen LogP contribution in [0, 0.1) is 5.92 Å². The minimum atomic E-state index is -0.634. The van der Waals surface area contributed by atoms with Crippen LogP contribution >= 0.6 is 0 Å². The summed E-state index contributed by atoms with van der Waals surface area (Å²) in [4.78, 5) is 37.5. The van der Waals surface area contributed by atoms with Gasteiger partial charge < -0.3 is 25.2 Å². The molecular formula is C33H44N2O6. The fourth-order valence-electron chi connectivity index (χ4n) is 4.15. The predicted octanol–water partition coefficient (Wildman–Crippen LogP) is 4.66. The van der Waals surface area contributed by atoms with Crippen molar-refractivity contribution in [2.45, 2.75) is 70.6 Å². The molecule has 0 unspecified atom stereocenters. The molecule has 0 heterocycles. The third kappa shape index (κ3) is 13.8. The van der Waals surface area contributed by atoms with Crippen LogP contribution in [0.15, 0.2) is 79.9 Å². The number of carbonyl (C=O) groups is 3. The summed E-state index contributed by atoms with van der Waals surface area (Å²) in [5, 5.41) is 15.5. The lowest BCUT2D eigenvalue weighted by atomic mass is 9.98. The Morgan fingerprint density at radius 2 is 1.68 bits per heavy atom. The van der Waals surface area contributed by atoms with Gasteiger partial charge in [-0.05, 0) is 62.3 Å². The molecule has 2 amide bonds. The van der Waals surface area contributed by atoms with E-state index in [-0.39, 0.29) is 37.4 Å². The second-order valence-corrected chi connectivity index (χ2v) is 10.1. The number of allylic oxidation sites excluding steroid dienone is 2. The molecule has 0 bridgehead atoms. The smallest absolute Gasteiger partial charge is 0.305 e. The Morgan fingerprint density at radius 1 is 0.951 bits per heavy atom. The molecule has 2 aromatic carbocycles. The van der Waals surface area contributed by atoms with Gasteiger partial charge in [-0.1, -0.05) is 54.6 Å². The van der Waals surface area contributed by atoms with E-state index in [1.807, 2.05) is 60.7 Å². The number of esters is 1. The number of benzene rings is 2. The Labute approximate surface area is 243 Å². The van der Waals surface area contributed by atoms with E-state index in [9.17, 15) is 19.5 Å². The number of ether oxygens (including phenoxy) is 2. The zero-order chi connectivity index (χ0) is 29.9. The van der Waals surface area contributed by atoms with E-state index in [1.54, 1.807) is 13.0 Å². The van der Waals surface area contributed by atoms with Crippen LogP contribution in [0.4, 0.5) is 0 Å². The number of amides is 2. The molecule has 3 atom stereocenters. The average Bonchev–Trinajstić information content (AvgIpc) is 2.97. The van der Waals surface area contributed by atoms with E-state index in [0.29, 0.717) is 25.9 Å². The second kappa shape index (κ2) is 19.2. The Hall–Kier alpha value is -3.91. The third-order valence-corrected chi connectivity index (χ3v) is 6.42. The number of hydrogen-bond donors (Lipinski definition) is 3. The molecule has 41 heavy (non-hydrogen) atoms. The largest absolute Gasteiger partial charge is 0.489 e. The van der Waals surface area contributed by atoms with Crippen molar-refractivity contribution in [2.24, 2.45) is 5.92 Å². The molecule has 0 aliphatic heterocycles. The highest BCUT2D eigenvalue weighted by Gasteiger charge is 2.24. The monoisotopic (exact) mass is 564 g/mol. The Kier molecular flexibility index (Phi) is 15.6. The molecule has 0 aliphatic rings. The Bertz CT molecular complexity index is 1090. The highest BCUT2D eigenvalue weighted by atomic mass is 16.5. The first-order chi connectivity index (χ1) is 19.8. The lowest BCUT2D eigenvalue weighted by Gasteiger charge is -2.21. The summed E-state index contributed by atoms with van der Waals surface area (Å²) in [6, 6.07) is 16.5. The highest BCUT2D eigenvalue weighted by molar-refractivity contribution is 5.86. The van der Waals surface area contributed by atoms with Crippen molar-refractivity contribution < 1.29 is 29.0 Å². The average molecular weight is 565 g/mol. The standard InChI is InChI=1S/C33H44N2O6/c1-4-6-7-11-15-32(38)41-23-25(3)34-33(39)28(12-5-2)21-31(37)35-29(22-36)20-26-16-18-30(19-17-26)40-24-27-13-9-8-10-14-27/h4-5,8-10,13-14,16-19,25,28-29,36H,1-2,6-7,11-12,15,20-24H2,3H3,(H,34,39)(H,35,37)/t25-,28+,29-/m0/s1. The van der Waals surface area contributed by atoms with Crippen LogP contribution in [0.3, 0.4) is 0 Å². The summed E-state index contributed by atoms with van der Waals surface area (Å²) in [6.07, 6.45) is 6.87. The van der Waals surface area contributed by atoms with E-state index in [1.165, 1.54) is 0 Å². The summed E-state index contributed by atoms with van der Waals surface area (Å²) >= 11 is 0. The van der Waals surface area contributed by atoms with Gasteiger partial charge in [0.05, 0.1) is 24.6 Å². The Balaban J connectivity index is 1.79. The van der Waals surface area contributed by atoms with Gasteiger partial charge in [0, 0.05) is 12.8 Å². The van der Waals surface area contributed by atoms with E-state index < -0.39 is 18.0 Å². The number of carbonyl (C=O) groups excluding carboxylic acids is 3. The zero-order valence-electron chi connectivity index (χ0n) is 24.1. The lowest BCUT2D eigenvalue weighted by Crippen LogP contribution is -2.44. The molecule has 2 aromatic rings. The number of nitrogens with one attached hydrogen (secondary N) is 2. The summed E-state index contributed by atoms with van der Waals surface area (Å²) in [6.45, 7) is 9.39. The molecule has 0 aromatic heterocycles. The zero-order valence-corrected chi connectivity index (χ0v) is 24.1. The molecule has 0 saturated heterocycles. The van der Waals surface area contributed by atoms with E-state index in [0.717, 1.165) is 36.1 Å². The van der Waals surface area contributed by atoms with Crippen LogP contribution in [0.25, 0.3) is 0 Å². The van der Waals surface area contributed by atoms with Crippen molar-refractivity contribution in [3.8, 4) is 5.75 Å². The normalized spacial score (nSPS) is 12.8. The number of hydrogen-bond acceptors (Lipinski definition) is 6. The van der Waals surface area contributed by atoms with Crippen LogP contribution < -0.4 is 15.4 Å². The highest BCUT2D eigenvalue weighted by Crippen LogP contribution is 2.16.